The maximum atomic E-state index is 11.0. The molecule has 2 aromatic rings. The normalized spacial score (nSPS) is 18.3. The van der Waals surface area contributed by atoms with E-state index in [1.165, 1.54) is 23.1 Å². The highest BCUT2D eigenvalue weighted by Gasteiger charge is 2.23. The molecule has 0 aromatic carbocycles. The Morgan fingerprint density at radius 2 is 2.35 bits per heavy atom. The minimum atomic E-state index is -0.0868. The number of nitrogens with zero attached hydrogens (tertiary/aromatic N) is 4. The van der Waals surface area contributed by atoms with E-state index in [2.05, 4.69) is 25.4 Å². The van der Waals surface area contributed by atoms with Crippen molar-refractivity contribution in [3.8, 4) is 0 Å². The summed E-state index contributed by atoms with van der Waals surface area (Å²) in [5, 5.41) is 11.8. The lowest BCUT2D eigenvalue weighted by Crippen LogP contribution is -2.20. The van der Waals surface area contributed by atoms with Crippen LogP contribution in [0.15, 0.2) is 18.3 Å². The van der Waals surface area contributed by atoms with E-state index in [0.717, 1.165) is 38.2 Å². The molecule has 0 aliphatic carbocycles. The van der Waals surface area contributed by atoms with E-state index in [1.54, 1.807) is 6.07 Å². The van der Waals surface area contributed by atoms with Crippen molar-refractivity contribution in [2.75, 3.05) is 18.4 Å². The predicted octanol–water partition coefficient (Wildman–Crippen LogP) is 2.61. The van der Waals surface area contributed by atoms with Crippen LogP contribution in [0, 0.1) is 5.92 Å². The number of nitrogens with one attached hydrogen (secondary N) is 1. The lowest BCUT2D eigenvalue weighted by Gasteiger charge is -2.14. The van der Waals surface area contributed by atoms with Gasteiger partial charge in [-0.15, -0.1) is 16.4 Å². The summed E-state index contributed by atoms with van der Waals surface area (Å²) in [5.74, 6) is 0.504. The zero-order valence-electron chi connectivity index (χ0n) is 12.8. The number of hydrogen-bond donors (Lipinski definition) is 1. The Morgan fingerprint density at radius 3 is 3.09 bits per heavy atom. The maximum absolute atomic E-state index is 11.0. The first-order valence-electron chi connectivity index (χ1n) is 7.51. The highest BCUT2D eigenvalue weighted by Crippen LogP contribution is 2.25. The van der Waals surface area contributed by atoms with Gasteiger partial charge in [0.25, 0.3) is 0 Å². The third kappa shape index (κ3) is 4.70. The van der Waals surface area contributed by atoms with Crippen LogP contribution in [0.3, 0.4) is 0 Å². The van der Waals surface area contributed by atoms with Gasteiger partial charge in [0.15, 0.2) is 10.3 Å². The molecule has 2 aromatic heterocycles. The molecular formula is C15H18ClN5OS. The van der Waals surface area contributed by atoms with Gasteiger partial charge in [-0.1, -0.05) is 11.6 Å². The van der Waals surface area contributed by atoms with Gasteiger partial charge in [-0.2, -0.15) is 5.10 Å². The molecule has 3 rings (SSSR count). The van der Waals surface area contributed by atoms with Crippen molar-refractivity contribution in [2.24, 2.45) is 5.92 Å². The van der Waals surface area contributed by atoms with Crippen molar-refractivity contribution in [1.82, 2.24) is 20.1 Å². The first-order chi connectivity index (χ1) is 11.1. The predicted molar refractivity (Wildman–Crippen MR) is 90.5 cm³/mol. The lowest BCUT2D eigenvalue weighted by molar-refractivity contribution is -0.114. The van der Waals surface area contributed by atoms with E-state index in [4.69, 9.17) is 11.6 Å². The third-order valence-electron chi connectivity index (χ3n) is 3.77. The first kappa shape index (κ1) is 16.3. The van der Waals surface area contributed by atoms with Crippen LogP contribution in [0.1, 0.15) is 23.9 Å². The minimum absolute atomic E-state index is 0.0868. The monoisotopic (exact) mass is 351 g/mol. The number of thiazole rings is 1. The van der Waals surface area contributed by atoms with Crippen LogP contribution in [0.4, 0.5) is 5.13 Å². The fourth-order valence-electron chi connectivity index (χ4n) is 2.78. The zero-order chi connectivity index (χ0) is 16.2. The van der Waals surface area contributed by atoms with Crippen LogP contribution in [0.25, 0.3) is 0 Å². The number of halogens is 1. The molecule has 0 unspecified atom stereocenters. The largest absolute Gasteiger partial charge is 0.302 e. The number of carbonyl (C=O) groups excluding carboxylic acids is 1. The maximum Gasteiger partial charge on any atom is 0.223 e. The minimum Gasteiger partial charge on any atom is -0.302 e. The topological polar surface area (TPSA) is 71.0 Å². The van der Waals surface area contributed by atoms with Crippen LogP contribution >= 0.6 is 22.9 Å². The molecule has 1 atom stereocenters. The average molecular weight is 352 g/mol. The molecule has 23 heavy (non-hydrogen) atoms. The molecule has 1 amide bonds. The molecular weight excluding hydrogens is 334 g/mol. The summed E-state index contributed by atoms with van der Waals surface area (Å²) < 4.78 is 0. The van der Waals surface area contributed by atoms with Crippen LogP contribution in [-0.2, 0) is 17.8 Å². The number of likely N-dealkylation sites (tertiary alicyclic amines) is 1. The van der Waals surface area contributed by atoms with Gasteiger partial charge in [-0.05, 0) is 37.4 Å². The fraction of sp³-hybridized carbons (Fsp3) is 0.467. The molecule has 6 nitrogen and oxygen atoms in total. The summed E-state index contributed by atoms with van der Waals surface area (Å²) in [4.78, 5) is 18.8. The van der Waals surface area contributed by atoms with Gasteiger partial charge >= 0.3 is 0 Å². The number of rotatable bonds is 5. The SMILES string of the molecule is CC(=O)Nc1ncc(CN2CC[C@H](Cc3ccc(Cl)nn3)C2)s1. The first-order valence-corrected chi connectivity index (χ1v) is 8.70. The molecule has 3 heterocycles. The number of carbonyl (C=O) groups is 1. The summed E-state index contributed by atoms with van der Waals surface area (Å²) in [7, 11) is 0. The quantitative estimate of drug-likeness (QED) is 0.896. The molecule has 0 bridgehead atoms. The lowest BCUT2D eigenvalue weighted by atomic mass is 10.0. The standard InChI is InChI=1S/C15H18ClN5OS/c1-10(22)18-15-17-7-13(23-15)9-21-5-4-11(8-21)6-12-2-3-14(16)20-19-12/h2-3,7,11H,4-6,8-9H2,1H3,(H,17,18,22)/t11-/m1/s1. The molecule has 1 N–H and O–H groups in total. The Balaban J connectivity index is 1.50. The second-order valence-corrected chi connectivity index (χ2v) is 7.26. The fourth-order valence-corrected chi connectivity index (χ4v) is 3.78. The Kier molecular flexibility index (Phi) is 5.20. The van der Waals surface area contributed by atoms with Crippen molar-refractivity contribution >= 4 is 34.0 Å². The van der Waals surface area contributed by atoms with Crippen LogP contribution in [-0.4, -0.2) is 39.1 Å². The van der Waals surface area contributed by atoms with Gasteiger partial charge in [0, 0.05) is 31.1 Å². The summed E-state index contributed by atoms with van der Waals surface area (Å²) in [6.45, 7) is 4.47. The van der Waals surface area contributed by atoms with Gasteiger partial charge in [-0.25, -0.2) is 4.98 Å². The molecule has 1 fully saturated rings. The Morgan fingerprint density at radius 1 is 1.48 bits per heavy atom. The van der Waals surface area contributed by atoms with E-state index in [1.807, 2.05) is 12.3 Å². The number of aromatic nitrogens is 3. The summed E-state index contributed by atoms with van der Waals surface area (Å²) >= 11 is 7.30. The van der Waals surface area contributed by atoms with Crippen molar-refractivity contribution < 1.29 is 4.79 Å². The van der Waals surface area contributed by atoms with E-state index in [0.29, 0.717) is 16.2 Å². The van der Waals surface area contributed by atoms with Gasteiger partial charge < -0.3 is 5.32 Å². The van der Waals surface area contributed by atoms with E-state index >= 15 is 0 Å². The Bertz CT molecular complexity index is 675. The number of anilines is 1. The third-order valence-corrected chi connectivity index (χ3v) is 4.87. The van der Waals surface area contributed by atoms with Crippen molar-refractivity contribution in [3.05, 3.63) is 34.1 Å². The molecule has 1 aliphatic heterocycles. The summed E-state index contributed by atoms with van der Waals surface area (Å²) in [6, 6.07) is 3.73. The highest BCUT2D eigenvalue weighted by atomic mass is 35.5. The van der Waals surface area contributed by atoms with E-state index in [9.17, 15) is 4.79 Å². The average Bonchev–Trinajstić information content (AvgIpc) is 3.11. The van der Waals surface area contributed by atoms with Gasteiger partial charge in [0.05, 0.1) is 5.69 Å². The smallest absolute Gasteiger partial charge is 0.223 e. The molecule has 1 aliphatic rings. The molecule has 8 heteroatoms. The Labute approximate surface area is 143 Å². The zero-order valence-corrected chi connectivity index (χ0v) is 14.4. The molecule has 122 valence electrons. The summed E-state index contributed by atoms with van der Waals surface area (Å²) in [6.07, 6.45) is 3.93. The molecule has 0 spiro atoms. The van der Waals surface area contributed by atoms with Crippen LogP contribution in [0.2, 0.25) is 5.15 Å². The molecule has 0 radical (unpaired) electrons. The summed E-state index contributed by atoms with van der Waals surface area (Å²) in [5.41, 5.74) is 0.993. The van der Waals surface area contributed by atoms with Gasteiger partial charge in [0.2, 0.25) is 5.91 Å². The van der Waals surface area contributed by atoms with Gasteiger partial charge in [-0.3, -0.25) is 9.69 Å². The second-order valence-electron chi connectivity index (χ2n) is 5.75. The number of amides is 1. The van der Waals surface area contributed by atoms with E-state index in [-0.39, 0.29) is 5.91 Å². The molecule has 0 saturated carbocycles. The Hall–Kier alpha value is -1.57. The van der Waals surface area contributed by atoms with Crippen LogP contribution in [0.5, 0.6) is 0 Å². The van der Waals surface area contributed by atoms with Crippen molar-refractivity contribution in [2.45, 2.75) is 26.3 Å². The van der Waals surface area contributed by atoms with Gasteiger partial charge in [0.1, 0.15) is 0 Å². The molecule has 1 saturated heterocycles. The van der Waals surface area contributed by atoms with E-state index < -0.39 is 0 Å². The number of hydrogen-bond acceptors (Lipinski definition) is 6. The van der Waals surface area contributed by atoms with Crippen LogP contribution < -0.4 is 5.32 Å². The second kappa shape index (κ2) is 7.33. The highest BCUT2D eigenvalue weighted by molar-refractivity contribution is 7.15. The van der Waals surface area contributed by atoms with Crippen molar-refractivity contribution in [3.63, 3.8) is 0 Å². The van der Waals surface area contributed by atoms with Crippen molar-refractivity contribution in [1.29, 1.82) is 0 Å².